The van der Waals surface area contributed by atoms with Gasteiger partial charge >= 0.3 is 0 Å². The number of morpholine rings is 1. The Morgan fingerprint density at radius 1 is 1.30 bits per heavy atom. The number of rotatable bonds is 6. The smallest absolute Gasteiger partial charge is 0.240 e. The van der Waals surface area contributed by atoms with Crippen LogP contribution in [-0.2, 0) is 26.0 Å². The van der Waals surface area contributed by atoms with Crippen LogP contribution < -0.4 is 14.5 Å². The highest BCUT2D eigenvalue weighted by Crippen LogP contribution is 2.43. The van der Waals surface area contributed by atoms with Crippen LogP contribution in [0.1, 0.15) is 36.8 Å². The molecule has 1 amide bonds. The van der Waals surface area contributed by atoms with Crippen molar-refractivity contribution < 1.29 is 22.8 Å². The molecule has 148 valence electrons. The average Bonchev–Trinajstić information content (AvgIpc) is 2.93. The summed E-state index contributed by atoms with van der Waals surface area (Å²) in [5.41, 5.74) is 2.79. The Balaban J connectivity index is 1.45. The SMILES string of the molecule is C[C@H]1C(=O)N2CCCc3cc(S(=O)(=O)NCCC[NH+]4CCOCC4)cc1c32. The lowest BCUT2D eigenvalue weighted by Crippen LogP contribution is -3.14. The van der Waals surface area contributed by atoms with Crippen LogP contribution in [0, 0.1) is 0 Å². The van der Waals surface area contributed by atoms with E-state index >= 15 is 0 Å². The van der Waals surface area contributed by atoms with Gasteiger partial charge in [0.25, 0.3) is 0 Å². The molecule has 1 atom stereocenters. The van der Waals surface area contributed by atoms with Crippen molar-refractivity contribution in [3.63, 3.8) is 0 Å². The standard InChI is InChI=1S/C19H27N3O4S/c1-14-17-13-16(12-15-4-2-7-22(18(15)17)19(14)23)27(24,25)20-5-3-6-21-8-10-26-11-9-21/h12-14,20H,2-11H2,1H3/p+1/t14-/m1/s1. The minimum Gasteiger partial charge on any atom is -0.370 e. The van der Waals surface area contributed by atoms with Gasteiger partial charge in [0.2, 0.25) is 15.9 Å². The van der Waals surface area contributed by atoms with Gasteiger partial charge in [0.1, 0.15) is 13.1 Å². The third-order valence-corrected chi connectivity index (χ3v) is 7.34. The van der Waals surface area contributed by atoms with E-state index in [1.54, 1.807) is 12.1 Å². The van der Waals surface area contributed by atoms with Crippen LogP contribution in [0.5, 0.6) is 0 Å². The summed E-state index contributed by atoms with van der Waals surface area (Å²) in [4.78, 5) is 16.0. The summed E-state index contributed by atoms with van der Waals surface area (Å²) in [5.74, 6) is -0.182. The van der Waals surface area contributed by atoms with Crippen molar-refractivity contribution in [3.8, 4) is 0 Å². The second kappa shape index (κ2) is 7.50. The first-order valence-corrected chi connectivity index (χ1v) is 11.3. The van der Waals surface area contributed by atoms with Crippen molar-refractivity contribution in [1.29, 1.82) is 0 Å². The van der Waals surface area contributed by atoms with E-state index in [1.807, 2.05) is 11.8 Å². The van der Waals surface area contributed by atoms with Gasteiger partial charge in [-0.15, -0.1) is 0 Å². The van der Waals surface area contributed by atoms with Gasteiger partial charge in [-0.2, -0.15) is 0 Å². The molecule has 0 spiro atoms. The zero-order valence-electron chi connectivity index (χ0n) is 15.8. The van der Waals surface area contributed by atoms with Crippen LogP contribution in [0.2, 0.25) is 0 Å². The maximum atomic E-state index is 12.8. The number of sulfonamides is 1. The van der Waals surface area contributed by atoms with E-state index in [1.165, 1.54) is 4.90 Å². The van der Waals surface area contributed by atoms with E-state index in [2.05, 4.69) is 4.72 Å². The number of carbonyl (C=O) groups excluding carboxylic acids is 1. The van der Waals surface area contributed by atoms with Gasteiger partial charge in [0.05, 0.1) is 36.3 Å². The predicted octanol–water partition coefficient (Wildman–Crippen LogP) is -0.334. The number of anilines is 1. The van der Waals surface area contributed by atoms with E-state index in [4.69, 9.17) is 4.74 Å². The van der Waals surface area contributed by atoms with Gasteiger partial charge in [-0.05, 0) is 43.0 Å². The lowest BCUT2D eigenvalue weighted by molar-refractivity contribution is -0.908. The fraction of sp³-hybridized carbons (Fsp3) is 0.632. The van der Waals surface area contributed by atoms with Crippen LogP contribution >= 0.6 is 0 Å². The number of nitrogens with zero attached hydrogens (tertiary/aromatic N) is 1. The van der Waals surface area contributed by atoms with Crippen LogP contribution in [0.25, 0.3) is 0 Å². The molecule has 4 rings (SSSR count). The van der Waals surface area contributed by atoms with Crippen LogP contribution in [0.4, 0.5) is 5.69 Å². The van der Waals surface area contributed by atoms with Crippen LogP contribution in [-0.4, -0.2) is 60.3 Å². The molecule has 0 radical (unpaired) electrons. The quantitative estimate of drug-likeness (QED) is 0.648. The normalized spacial score (nSPS) is 22.9. The minimum absolute atomic E-state index is 0.0851. The minimum atomic E-state index is -3.57. The third-order valence-electron chi connectivity index (χ3n) is 5.90. The fourth-order valence-corrected chi connectivity index (χ4v) is 5.52. The van der Waals surface area contributed by atoms with Gasteiger partial charge in [-0.1, -0.05) is 0 Å². The van der Waals surface area contributed by atoms with E-state index in [0.717, 1.165) is 75.5 Å². The van der Waals surface area contributed by atoms with Crippen molar-refractivity contribution in [2.24, 2.45) is 0 Å². The molecule has 0 aromatic heterocycles. The van der Waals surface area contributed by atoms with Crippen LogP contribution in [0.15, 0.2) is 17.0 Å². The Morgan fingerprint density at radius 3 is 2.85 bits per heavy atom. The summed E-state index contributed by atoms with van der Waals surface area (Å²) >= 11 is 0. The monoisotopic (exact) mass is 394 g/mol. The van der Waals surface area contributed by atoms with Crippen LogP contribution in [0.3, 0.4) is 0 Å². The lowest BCUT2D eigenvalue weighted by Gasteiger charge is -2.26. The van der Waals surface area contributed by atoms with Gasteiger partial charge in [-0.25, -0.2) is 13.1 Å². The summed E-state index contributed by atoms with van der Waals surface area (Å²) in [5, 5.41) is 0. The maximum absolute atomic E-state index is 12.8. The molecular formula is C19H28N3O4S+. The molecule has 0 unspecified atom stereocenters. The highest BCUT2D eigenvalue weighted by molar-refractivity contribution is 7.89. The first kappa shape index (κ1) is 18.9. The first-order chi connectivity index (χ1) is 13.0. The van der Waals surface area contributed by atoms with Crippen molar-refractivity contribution in [2.45, 2.75) is 37.0 Å². The van der Waals surface area contributed by atoms with E-state index in [0.29, 0.717) is 11.4 Å². The molecule has 0 aliphatic carbocycles. The zero-order chi connectivity index (χ0) is 19.0. The first-order valence-electron chi connectivity index (χ1n) is 9.86. The molecule has 3 aliphatic rings. The summed E-state index contributed by atoms with van der Waals surface area (Å²) in [6.07, 6.45) is 2.50. The maximum Gasteiger partial charge on any atom is 0.240 e. The molecule has 7 nitrogen and oxygen atoms in total. The average molecular weight is 395 g/mol. The number of hydrogen-bond acceptors (Lipinski definition) is 4. The Bertz CT molecular complexity index is 834. The molecule has 1 saturated heterocycles. The van der Waals surface area contributed by atoms with E-state index in [9.17, 15) is 13.2 Å². The molecular weight excluding hydrogens is 366 g/mol. The van der Waals surface area contributed by atoms with Crippen molar-refractivity contribution in [3.05, 3.63) is 23.3 Å². The van der Waals surface area contributed by atoms with Gasteiger partial charge in [0.15, 0.2) is 0 Å². The molecule has 0 saturated carbocycles. The number of quaternary nitrogens is 1. The topological polar surface area (TPSA) is 80.2 Å². The van der Waals surface area contributed by atoms with Gasteiger partial charge in [0, 0.05) is 19.5 Å². The number of benzene rings is 1. The summed E-state index contributed by atoms with van der Waals surface area (Å²) in [6.45, 7) is 7.52. The number of aryl methyl sites for hydroxylation is 1. The molecule has 1 aromatic carbocycles. The zero-order valence-corrected chi connectivity index (χ0v) is 16.6. The molecule has 2 N–H and O–H groups in total. The number of amides is 1. The van der Waals surface area contributed by atoms with Gasteiger partial charge in [-0.3, -0.25) is 4.79 Å². The van der Waals surface area contributed by atoms with Gasteiger partial charge < -0.3 is 14.5 Å². The lowest BCUT2D eigenvalue weighted by atomic mass is 9.97. The third kappa shape index (κ3) is 3.63. The molecule has 3 aliphatic heterocycles. The van der Waals surface area contributed by atoms with E-state index < -0.39 is 10.0 Å². The largest absolute Gasteiger partial charge is 0.370 e. The van der Waals surface area contributed by atoms with Crippen molar-refractivity contribution in [1.82, 2.24) is 4.72 Å². The summed E-state index contributed by atoms with van der Waals surface area (Å²) in [6, 6.07) is 3.45. The van der Waals surface area contributed by atoms with Crippen molar-refractivity contribution in [2.75, 3.05) is 50.8 Å². The highest BCUT2D eigenvalue weighted by Gasteiger charge is 2.38. The Kier molecular flexibility index (Phi) is 5.24. The molecule has 3 heterocycles. The molecule has 1 fully saturated rings. The Morgan fingerprint density at radius 2 is 2.07 bits per heavy atom. The molecule has 1 aromatic rings. The number of hydrogen-bond donors (Lipinski definition) is 2. The second-order valence-electron chi connectivity index (χ2n) is 7.70. The van der Waals surface area contributed by atoms with E-state index in [-0.39, 0.29) is 11.8 Å². The Hall–Kier alpha value is -1.48. The molecule has 27 heavy (non-hydrogen) atoms. The number of nitrogens with one attached hydrogen (secondary N) is 2. The van der Waals surface area contributed by atoms with Crippen molar-refractivity contribution >= 4 is 21.6 Å². The number of ether oxygens (including phenoxy) is 1. The summed E-state index contributed by atoms with van der Waals surface area (Å²) in [7, 11) is -3.57. The molecule has 0 bridgehead atoms. The highest BCUT2D eigenvalue weighted by atomic mass is 32.2. The Labute approximate surface area is 160 Å². The number of carbonyl (C=O) groups is 1. The second-order valence-corrected chi connectivity index (χ2v) is 9.47. The predicted molar refractivity (Wildman–Crippen MR) is 102 cm³/mol. The summed E-state index contributed by atoms with van der Waals surface area (Å²) < 4.78 is 33.7. The molecule has 8 heteroatoms. The fourth-order valence-electron chi connectivity index (χ4n) is 4.36.